The molecule has 0 spiro atoms. The Bertz CT molecular complexity index is 749. The number of fused-ring (bicyclic) bond motifs is 2. The Kier molecular flexibility index (Phi) is 1.95. The third-order valence-corrected chi connectivity index (χ3v) is 3.76. The van der Waals surface area contributed by atoms with Gasteiger partial charge in [-0.2, -0.15) is 0 Å². The zero-order valence-corrected chi connectivity index (χ0v) is 9.93. The number of aromatic amines is 1. The number of rotatable bonds is 1. The lowest BCUT2D eigenvalue weighted by Gasteiger charge is -2.09. The summed E-state index contributed by atoms with van der Waals surface area (Å²) in [6.07, 6.45) is 6.66. The number of hydrogen-bond acceptors (Lipinski definition) is 0. The fraction of sp³-hybridized carbons (Fsp3) is 0.0588. The minimum absolute atomic E-state index is 0.386. The molecule has 3 aromatic rings. The van der Waals surface area contributed by atoms with Gasteiger partial charge < -0.3 is 4.98 Å². The van der Waals surface area contributed by atoms with E-state index in [0.717, 1.165) is 0 Å². The van der Waals surface area contributed by atoms with Gasteiger partial charge in [-0.05, 0) is 22.8 Å². The van der Waals surface area contributed by atoms with Crippen LogP contribution >= 0.6 is 0 Å². The molecule has 1 aromatic heterocycles. The van der Waals surface area contributed by atoms with Gasteiger partial charge in [0.2, 0.25) is 0 Å². The summed E-state index contributed by atoms with van der Waals surface area (Å²) < 4.78 is 0. The Labute approximate surface area is 106 Å². The second kappa shape index (κ2) is 3.61. The summed E-state index contributed by atoms with van der Waals surface area (Å²) in [4.78, 5) is 3.36. The summed E-state index contributed by atoms with van der Waals surface area (Å²) in [6.45, 7) is 0. The summed E-state index contributed by atoms with van der Waals surface area (Å²) in [6, 6.07) is 17.1. The number of para-hydroxylation sites is 1. The SMILES string of the molecule is C1=CC(c2c[nH]c3ccccc23)c2ccccc21. The minimum atomic E-state index is 0.386. The van der Waals surface area contributed by atoms with Crippen molar-refractivity contribution in [3.8, 4) is 0 Å². The van der Waals surface area contributed by atoms with E-state index in [1.807, 2.05) is 0 Å². The van der Waals surface area contributed by atoms with Gasteiger partial charge in [-0.15, -0.1) is 0 Å². The highest BCUT2D eigenvalue weighted by atomic mass is 14.7. The normalized spacial score (nSPS) is 17.2. The summed E-state index contributed by atoms with van der Waals surface area (Å²) in [5.41, 5.74) is 5.33. The molecule has 0 aliphatic heterocycles. The van der Waals surface area contributed by atoms with Gasteiger partial charge in [0.15, 0.2) is 0 Å². The summed E-state index contributed by atoms with van der Waals surface area (Å²) >= 11 is 0. The fourth-order valence-corrected chi connectivity index (χ4v) is 2.87. The topological polar surface area (TPSA) is 15.8 Å². The second-order valence-corrected chi connectivity index (χ2v) is 4.76. The number of H-pyrrole nitrogens is 1. The predicted octanol–water partition coefficient (Wildman–Crippen LogP) is 4.33. The highest BCUT2D eigenvalue weighted by Crippen LogP contribution is 2.38. The van der Waals surface area contributed by atoms with Crippen molar-refractivity contribution >= 4 is 17.0 Å². The predicted molar refractivity (Wildman–Crippen MR) is 75.6 cm³/mol. The van der Waals surface area contributed by atoms with Crippen LogP contribution in [0.2, 0.25) is 0 Å². The lowest BCUT2D eigenvalue weighted by molar-refractivity contribution is 1.06. The first-order valence-electron chi connectivity index (χ1n) is 6.26. The molecule has 1 aliphatic rings. The van der Waals surface area contributed by atoms with Crippen molar-refractivity contribution in [3.63, 3.8) is 0 Å². The van der Waals surface area contributed by atoms with Gasteiger partial charge in [-0.25, -0.2) is 0 Å². The van der Waals surface area contributed by atoms with Crippen LogP contribution in [0.25, 0.3) is 17.0 Å². The van der Waals surface area contributed by atoms with Crippen LogP contribution in [-0.4, -0.2) is 4.98 Å². The van der Waals surface area contributed by atoms with Crippen molar-refractivity contribution in [2.24, 2.45) is 0 Å². The quantitative estimate of drug-likeness (QED) is 0.641. The Morgan fingerprint density at radius 3 is 2.67 bits per heavy atom. The molecule has 1 aliphatic carbocycles. The van der Waals surface area contributed by atoms with Crippen molar-refractivity contribution < 1.29 is 0 Å². The molecular weight excluding hydrogens is 218 g/mol. The minimum Gasteiger partial charge on any atom is -0.361 e. The van der Waals surface area contributed by atoms with Gasteiger partial charge in [0.25, 0.3) is 0 Å². The van der Waals surface area contributed by atoms with Crippen molar-refractivity contribution in [2.75, 3.05) is 0 Å². The lowest BCUT2D eigenvalue weighted by Crippen LogP contribution is -1.94. The average Bonchev–Trinajstić information content (AvgIpc) is 3.01. The zero-order valence-electron chi connectivity index (χ0n) is 9.93. The monoisotopic (exact) mass is 231 g/mol. The third-order valence-electron chi connectivity index (χ3n) is 3.76. The molecule has 1 heterocycles. The van der Waals surface area contributed by atoms with Gasteiger partial charge in [0, 0.05) is 23.0 Å². The van der Waals surface area contributed by atoms with Crippen LogP contribution in [0.1, 0.15) is 22.6 Å². The molecule has 0 saturated heterocycles. The van der Waals surface area contributed by atoms with E-state index in [9.17, 15) is 0 Å². The van der Waals surface area contributed by atoms with Gasteiger partial charge in [-0.3, -0.25) is 0 Å². The van der Waals surface area contributed by atoms with Crippen LogP contribution in [0.15, 0.2) is 60.8 Å². The molecule has 2 aromatic carbocycles. The summed E-state index contributed by atoms with van der Waals surface area (Å²) in [5.74, 6) is 0.386. The van der Waals surface area contributed by atoms with Gasteiger partial charge in [-0.1, -0.05) is 54.6 Å². The number of allylic oxidation sites excluding steroid dienone is 1. The molecule has 1 heteroatoms. The maximum atomic E-state index is 3.36. The molecule has 0 amide bonds. The van der Waals surface area contributed by atoms with E-state index in [4.69, 9.17) is 0 Å². The molecule has 1 unspecified atom stereocenters. The molecular formula is C17H13N. The zero-order chi connectivity index (χ0) is 11.9. The van der Waals surface area contributed by atoms with E-state index in [0.29, 0.717) is 5.92 Å². The van der Waals surface area contributed by atoms with Crippen molar-refractivity contribution in [2.45, 2.75) is 5.92 Å². The van der Waals surface area contributed by atoms with Crippen LogP contribution in [0.5, 0.6) is 0 Å². The first kappa shape index (κ1) is 9.72. The van der Waals surface area contributed by atoms with Crippen molar-refractivity contribution in [1.29, 1.82) is 0 Å². The highest BCUT2D eigenvalue weighted by molar-refractivity contribution is 5.85. The Hall–Kier alpha value is -2.28. The van der Waals surface area contributed by atoms with Gasteiger partial charge in [0.1, 0.15) is 0 Å². The molecule has 0 bridgehead atoms. The molecule has 0 saturated carbocycles. The molecule has 86 valence electrons. The van der Waals surface area contributed by atoms with Crippen LogP contribution in [-0.2, 0) is 0 Å². The summed E-state index contributed by atoms with van der Waals surface area (Å²) in [7, 11) is 0. The van der Waals surface area contributed by atoms with Gasteiger partial charge in [0.05, 0.1) is 0 Å². The largest absolute Gasteiger partial charge is 0.361 e. The van der Waals surface area contributed by atoms with Gasteiger partial charge >= 0.3 is 0 Å². The smallest absolute Gasteiger partial charge is 0.0457 e. The van der Waals surface area contributed by atoms with Crippen molar-refractivity contribution in [3.05, 3.63) is 77.5 Å². The molecule has 18 heavy (non-hydrogen) atoms. The Morgan fingerprint density at radius 1 is 0.833 bits per heavy atom. The van der Waals surface area contributed by atoms with Crippen LogP contribution in [0, 0.1) is 0 Å². The van der Waals surface area contributed by atoms with Crippen LogP contribution in [0.3, 0.4) is 0 Å². The molecule has 4 rings (SSSR count). The Balaban J connectivity index is 1.93. The van der Waals surface area contributed by atoms with E-state index in [-0.39, 0.29) is 0 Å². The van der Waals surface area contributed by atoms with E-state index in [1.165, 1.54) is 27.6 Å². The van der Waals surface area contributed by atoms with E-state index in [2.05, 4.69) is 71.9 Å². The molecule has 0 radical (unpaired) electrons. The van der Waals surface area contributed by atoms with Crippen LogP contribution < -0.4 is 0 Å². The first-order chi connectivity index (χ1) is 8.93. The highest BCUT2D eigenvalue weighted by Gasteiger charge is 2.20. The molecule has 1 nitrogen and oxygen atoms in total. The maximum Gasteiger partial charge on any atom is 0.0457 e. The first-order valence-corrected chi connectivity index (χ1v) is 6.26. The second-order valence-electron chi connectivity index (χ2n) is 4.76. The standard InChI is InChI=1S/C17H13N/c1-2-6-13-12(5-1)9-10-14(13)16-11-18-17-8-4-3-7-15(16)17/h1-11,14,18H. The maximum absolute atomic E-state index is 3.36. The van der Waals surface area contributed by atoms with Crippen molar-refractivity contribution in [1.82, 2.24) is 4.98 Å². The number of aromatic nitrogens is 1. The lowest BCUT2D eigenvalue weighted by atomic mass is 9.93. The summed E-state index contributed by atoms with van der Waals surface area (Å²) in [5, 5.41) is 1.32. The van der Waals surface area contributed by atoms with E-state index < -0.39 is 0 Å². The number of nitrogens with one attached hydrogen (secondary N) is 1. The fourth-order valence-electron chi connectivity index (χ4n) is 2.87. The molecule has 0 fully saturated rings. The third kappa shape index (κ3) is 1.28. The molecule has 1 N–H and O–H groups in total. The molecule has 1 atom stereocenters. The average molecular weight is 231 g/mol. The van der Waals surface area contributed by atoms with E-state index >= 15 is 0 Å². The number of benzene rings is 2. The van der Waals surface area contributed by atoms with Crippen LogP contribution in [0.4, 0.5) is 0 Å². The Morgan fingerprint density at radius 2 is 1.67 bits per heavy atom. The number of hydrogen-bond donors (Lipinski definition) is 1. The van der Waals surface area contributed by atoms with E-state index in [1.54, 1.807) is 0 Å².